The summed E-state index contributed by atoms with van der Waals surface area (Å²) in [5.41, 5.74) is -7.62. The highest BCUT2D eigenvalue weighted by Crippen LogP contribution is 2.46. The SMILES string of the molecule is CC(=O)OC[C@H]1O[C@@H](n2cc(/C=C/Br)c(=O)[nH]c2=O)[C@@](O)(C(C)=O)[C@@]1(O)C(C)=O. The Bertz CT molecular complexity index is 997. The van der Waals surface area contributed by atoms with Gasteiger partial charge >= 0.3 is 11.7 Å². The number of aliphatic hydroxyl groups is 2. The minimum absolute atomic E-state index is 0.0502. The van der Waals surface area contributed by atoms with Gasteiger partial charge in [-0.2, -0.15) is 0 Å². The molecule has 1 aromatic heterocycles. The first-order valence-electron chi connectivity index (χ1n) is 8.29. The van der Waals surface area contributed by atoms with Crippen LogP contribution in [-0.4, -0.2) is 61.2 Å². The molecule has 12 heteroatoms. The second-order valence-electron chi connectivity index (χ2n) is 6.47. The lowest BCUT2D eigenvalue weighted by molar-refractivity contribution is -0.182. The van der Waals surface area contributed by atoms with Crippen molar-refractivity contribution in [1.29, 1.82) is 0 Å². The molecule has 2 rings (SSSR count). The highest BCUT2D eigenvalue weighted by atomic mass is 79.9. The minimum Gasteiger partial charge on any atom is -0.463 e. The maximum atomic E-state index is 12.4. The van der Waals surface area contributed by atoms with Gasteiger partial charge in [0.15, 0.2) is 23.4 Å². The lowest BCUT2D eigenvalue weighted by atomic mass is 9.75. The first kappa shape index (κ1) is 22.9. The lowest BCUT2D eigenvalue weighted by Crippen LogP contribution is -2.66. The smallest absolute Gasteiger partial charge is 0.330 e. The molecule has 0 spiro atoms. The van der Waals surface area contributed by atoms with Crippen molar-refractivity contribution < 1.29 is 34.1 Å². The van der Waals surface area contributed by atoms with Gasteiger partial charge in [0.05, 0.1) is 5.56 Å². The van der Waals surface area contributed by atoms with Crippen LogP contribution in [0, 0.1) is 0 Å². The van der Waals surface area contributed by atoms with E-state index in [-0.39, 0.29) is 5.56 Å². The number of nitrogens with one attached hydrogen (secondary N) is 1. The predicted molar refractivity (Wildman–Crippen MR) is 101 cm³/mol. The van der Waals surface area contributed by atoms with Crippen LogP contribution in [0.25, 0.3) is 6.08 Å². The number of hydrogen-bond acceptors (Lipinski definition) is 9. The third-order valence-corrected chi connectivity index (χ3v) is 4.96. The monoisotopic (exact) mass is 474 g/mol. The number of halogens is 1. The first-order chi connectivity index (χ1) is 13.4. The topological polar surface area (TPSA) is 165 Å². The molecule has 158 valence electrons. The van der Waals surface area contributed by atoms with Gasteiger partial charge in [-0.15, -0.1) is 0 Å². The molecule has 1 aliphatic heterocycles. The molecule has 0 amide bonds. The number of Topliss-reactive ketones (excluding diaryl/α,β-unsaturated/α-hetero) is 2. The molecule has 1 fully saturated rings. The Hall–Kier alpha value is -2.41. The number of ether oxygens (including phenoxy) is 2. The van der Waals surface area contributed by atoms with Crippen molar-refractivity contribution in [3.8, 4) is 0 Å². The van der Waals surface area contributed by atoms with E-state index in [2.05, 4.69) is 15.9 Å². The molecular weight excluding hydrogens is 456 g/mol. The Morgan fingerprint density at radius 1 is 1.24 bits per heavy atom. The summed E-state index contributed by atoms with van der Waals surface area (Å²) in [5.74, 6) is -2.89. The highest BCUT2D eigenvalue weighted by Gasteiger charge is 2.72. The van der Waals surface area contributed by atoms with Crippen molar-refractivity contribution in [2.45, 2.75) is 44.3 Å². The molecule has 11 nitrogen and oxygen atoms in total. The molecule has 1 aromatic rings. The molecule has 1 aliphatic rings. The zero-order valence-corrected chi connectivity index (χ0v) is 17.3. The fraction of sp³-hybridized carbons (Fsp3) is 0.471. The van der Waals surface area contributed by atoms with Gasteiger partial charge in [-0.05, 0) is 24.9 Å². The molecule has 0 unspecified atom stereocenters. The summed E-state index contributed by atoms with van der Waals surface area (Å²) >= 11 is 2.98. The summed E-state index contributed by atoms with van der Waals surface area (Å²) in [7, 11) is 0. The highest BCUT2D eigenvalue weighted by molar-refractivity contribution is 9.11. The van der Waals surface area contributed by atoms with Crippen molar-refractivity contribution in [3.63, 3.8) is 0 Å². The Balaban J connectivity index is 2.74. The molecule has 29 heavy (non-hydrogen) atoms. The number of carbonyl (C=O) groups excluding carboxylic acids is 3. The molecular formula is C17H19BrN2O9. The fourth-order valence-electron chi connectivity index (χ4n) is 3.21. The van der Waals surface area contributed by atoms with Gasteiger partial charge in [0.1, 0.15) is 12.7 Å². The van der Waals surface area contributed by atoms with E-state index in [4.69, 9.17) is 9.47 Å². The van der Waals surface area contributed by atoms with Crippen LogP contribution < -0.4 is 11.2 Å². The van der Waals surface area contributed by atoms with E-state index >= 15 is 0 Å². The van der Waals surface area contributed by atoms with E-state index in [9.17, 15) is 34.2 Å². The Kier molecular flexibility index (Phi) is 6.42. The zero-order chi connectivity index (χ0) is 22.1. The molecule has 1 saturated heterocycles. The van der Waals surface area contributed by atoms with Crippen LogP contribution in [0.1, 0.15) is 32.6 Å². The quantitative estimate of drug-likeness (QED) is 0.438. The van der Waals surface area contributed by atoms with Gasteiger partial charge in [0.2, 0.25) is 5.60 Å². The average Bonchev–Trinajstić information content (AvgIpc) is 2.86. The summed E-state index contributed by atoms with van der Waals surface area (Å²) < 4.78 is 10.9. The normalized spacial score (nSPS) is 29.2. The standard InChI is InChI=1S/C17H19BrN2O9/c1-8(21)16(26)12(7-28-10(3)23)29-14(17(16,27)9(2)22)20-6-11(4-5-18)13(24)19-15(20)25/h4-6,12,14,26-27H,7H2,1-3H3,(H,19,24,25)/b5-4+/t12-,14-,16-,17+/m1/s1. The number of carbonyl (C=O) groups is 3. The van der Waals surface area contributed by atoms with Crippen LogP contribution in [0.3, 0.4) is 0 Å². The number of nitrogens with zero attached hydrogens (tertiary/aromatic N) is 1. The summed E-state index contributed by atoms with van der Waals surface area (Å²) in [6.07, 6.45) is -1.30. The second kappa shape index (κ2) is 8.14. The largest absolute Gasteiger partial charge is 0.463 e. The van der Waals surface area contributed by atoms with Crippen molar-refractivity contribution >= 4 is 39.5 Å². The van der Waals surface area contributed by atoms with E-state index in [1.807, 2.05) is 4.98 Å². The maximum absolute atomic E-state index is 12.4. The number of esters is 1. The zero-order valence-electron chi connectivity index (χ0n) is 15.7. The van der Waals surface area contributed by atoms with Crippen molar-refractivity contribution in [2.75, 3.05) is 6.61 Å². The van der Waals surface area contributed by atoms with Crippen LogP contribution in [0.5, 0.6) is 0 Å². The third kappa shape index (κ3) is 3.64. The van der Waals surface area contributed by atoms with Gasteiger partial charge in [0, 0.05) is 13.1 Å². The number of aromatic amines is 1. The molecule has 0 aliphatic carbocycles. The molecule has 0 radical (unpaired) electrons. The van der Waals surface area contributed by atoms with Crippen LogP contribution in [-0.2, 0) is 23.9 Å². The van der Waals surface area contributed by atoms with E-state index in [0.717, 1.165) is 27.0 Å². The minimum atomic E-state index is -2.92. The Morgan fingerprint density at radius 3 is 2.31 bits per heavy atom. The van der Waals surface area contributed by atoms with Crippen LogP contribution in [0.4, 0.5) is 0 Å². The van der Waals surface area contributed by atoms with Crippen molar-refractivity contribution in [2.24, 2.45) is 0 Å². The van der Waals surface area contributed by atoms with E-state index in [1.54, 1.807) is 0 Å². The number of rotatable bonds is 6. The molecule has 0 saturated carbocycles. The number of hydrogen-bond donors (Lipinski definition) is 3. The van der Waals surface area contributed by atoms with Crippen molar-refractivity contribution in [3.05, 3.63) is 37.6 Å². The summed E-state index contributed by atoms with van der Waals surface area (Å²) in [5, 5.41) is 22.2. The van der Waals surface area contributed by atoms with Gasteiger partial charge in [-0.25, -0.2) is 4.79 Å². The van der Waals surface area contributed by atoms with E-state index < -0.39 is 58.9 Å². The van der Waals surface area contributed by atoms with E-state index in [1.165, 1.54) is 11.1 Å². The molecule has 4 atom stereocenters. The third-order valence-electron chi connectivity index (χ3n) is 4.70. The summed E-state index contributed by atoms with van der Waals surface area (Å²) in [6, 6.07) is 0. The van der Waals surface area contributed by atoms with Crippen LogP contribution in [0.2, 0.25) is 0 Å². The molecule has 0 aromatic carbocycles. The lowest BCUT2D eigenvalue weighted by Gasteiger charge is -2.37. The Morgan fingerprint density at radius 2 is 1.83 bits per heavy atom. The average molecular weight is 475 g/mol. The summed E-state index contributed by atoms with van der Waals surface area (Å²) in [6.45, 7) is 2.20. The number of H-pyrrole nitrogens is 1. The first-order valence-corrected chi connectivity index (χ1v) is 9.20. The van der Waals surface area contributed by atoms with Gasteiger partial charge in [0.25, 0.3) is 5.56 Å². The summed E-state index contributed by atoms with van der Waals surface area (Å²) in [4.78, 5) is 63.4. The van der Waals surface area contributed by atoms with E-state index in [0.29, 0.717) is 4.57 Å². The number of aromatic nitrogens is 2. The predicted octanol–water partition coefficient (Wildman–Crippen LogP) is -0.997. The molecule has 0 bridgehead atoms. The fourth-order valence-corrected chi connectivity index (χ4v) is 3.49. The van der Waals surface area contributed by atoms with Gasteiger partial charge < -0.3 is 19.7 Å². The van der Waals surface area contributed by atoms with Crippen LogP contribution >= 0.6 is 15.9 Å². The van der Waals surface area contributed by atoms with Crippen LogP contribution in [0.15, 0.2) is 20.8 Å². The second-order valence-corrected chi connectivity index (χ2v) is 7.00. The number of ketones is 2. The molecule has 3 N–H and O–H groups in total. The Labute approximate surface area is 172 Å². The maximum Gasteiger partial charge on any atom is 0.330 e. The van der Waals surface area contributed by atoms with Gasteiger partial charge in [-0.3, -0.25) is 28.7 Å². The van der Waals surface area contributed by atoms with Gasteiger partial charge in [-0.1, -0.05) is 15.9 Å². The molecule has 2 heterocycles. The van der Waals surface area contributed by atoms with Crippen molar-refractivity contribution in [1.82, 2.24) is 9.55 Å².